The van der Waals surface area contributed by atoms with Crippen LogP contribution in [0.1, 0.15) is 29.5 Å². The number of hydrogen-bond donors (Lipinski definition) is 1. The van der Waals surface area contributed by atoms with Crippen molar-refractivity contribution in [3.63, 3.8) is 0 Å². The molecular formula is C28H32N8O2S. The molecule has 0 atom stereocenters. The van der Waals surface area contributed by atoms with Crippen molar-refractivity contribution < 1.29 is 4.21 Å². The lowest BCUT2D eigenvalue weighted by atomic mass is 9.94. The van der Waals surface area contributed by atoms with Crippen LogP contribution in [-0.4, -0.2) is 58.5 Å². The van der Waals surface area contributed by atoms with Crippen LogP contribution in [0.15, 0.2) is 58.3 Å². The summed E-state index contributed by atoms with van der Waals surface area (Å²) in [6.45, 7) is 8.16. The lowest BCUT2D eigenvalue weighted by molar-refractivity contribution is 0.312. The number of pyridine rings is 1. The molecule has 39 heavy (non-hydrogen) atoms. The fraction of sp³-hybridized carbons (Fsp3) is 0.357. The molecule has 0 radical (unpaired) electrons. The van der Waals surface area contributed by atoms with Gasteiger partial charge in [0.15, 0.2) is 17.3 Å². The number of aromatic nitrogens is 5. The Labute approximate surface area is 227 Å². The molecule has 2 aliphatic heterocycles. The summed E-state index contributed by atoms with van der Waals surface area (Å²) >= 11 is 0. The molecule has 4 aromatic rings. The molecule has 202 valence electrons. The molecule has 0 spiro atoms. The molecule has 11 heteroatoms. The van der Waals surface area contributed by atoms with Crippen molar-refractivity contribution in [2.45, 2.75) is 39.3 Å². The van der Waals surface area contributed by atoms with Gasteiger partial charge in [-0.2, -0.15) is 9.35 Å². The fourth-order valence-electron chi connectivity index (χ4n) is 5.47. The summed E-state index contributed by atoms with van der Waals surface area (Å²) < 4.78 is 20.7. The minimum Gasteiger partial charge on any atom is -0.324 e. The number of hydrogen-bond acceptors (Lipinski definition) is 8. The van der Waals surface area contributed by atoms with Gasteiger partial charge in [-0.25, -0.2) is 23.5 Å². The first-order chi connectivity index (χ1) is 18.8. The van der Waals surface area contributed by atoms with Crippen LogP contribution in [0, 0.1) is 6.92 Å². The highest BCUT2D eigenvalue weighted by Gasteiger charge is 2.21. The number of aryl methyl sites for hydroxylation is 1. The lowest BCUT2D eigenvalue weighted by Gasteiger charge is -2.27. The summed E-state index contributed by atoms with van der Waals surface area (Å²) in [5, 5.41) is 3.72. The van der Waals surface area contributed by atoms with E-state index in [-0.39, 0.29) is 12.1 Å². The second-order valence-electron chi connectivity index (χ2n) is 10.3. The van der Waals surface area contributed by atoms with Crippen molar-refractivity contribution in [2.75, 3.05) is 30.4 Å². The van der Waals surface area contributed by atoms with Crippen molar-refractivity contribution >= 4 is 38.2 Å². The SMILES string of the molecule is C=CCn1c(=O)c2cnc(Nc3cc(C)c4c(c3)CN(C)CC4)nc2n1-c1cccc(N=S2(=O)CCCC2)n1. The van der Waals surface area contributed by atoms with Gasteiger partial charge in [-0.1, -0.05) is 12.1 Å². The van der Waals surface area contributed by atoms with Crippen LogP contribution in [0.4, 0.5) is 17.5 Å². The summed E-state index contributed by atoms with van der Waals surface area (Å²) in [7, 11) is -0.159. The van der Waals surface area contributed by atoms with Gasteiger partial charge in [-0.3, -0.25) is 4.79 Å². The van der Waals surface area contributed by atoms with Crippen LogP contribution in [0.5, 0.6) is 0 Å². The summed E-state index contributed by atoms with van der Waals surface area (Å²) in [6.07, 6.45) is 6.06. The molecule has 0 bridgehead atoms. The Bertz CT molecular complexity index is 1770. The first kappa shape index (κ1) is 25.4. The monoisotopic (exact) mass is 544 g/mol. The largest absolute Gasteiger partial charge is 0.324 e. The van der Waals surface area contributed by atoms with E-state index in [1.54, 1.807) is 35.2 Å². The number of allylic oxidation sites excluding steroid dienone is 1. The van der Waals surface area contributed by atoms with E-state index in [9.17, 15) is 9.00 Å². The Morgan fingerprint density at radius 1 is 1.21 bits per heavy atom. The van der Waals surface area contributed by atoms with Crippen LogP contribution >= 0.6 is 0 Å². The van der Waals surface area contributed by atoms with Crippen molar-refractivity contribution in [1.82, 2.24) is 29.2 Å². The van der Waals surface area contributed by atoms with Crippen LogP contribution < -0.4 is 10.9 Å². The minimum atomic E-state index is -2.29. The third-order valence-electron chi connectivity index (χ3n) is 7.36. The van der Waals surface area contributed by atoms with Crippen molar-refractivity contribution in [3.8, 4) is 5.82 Å². The summed E-state index contributed by atoms with van der Waals surface area (Å²) in [4.78, 5) is 29.5. The molecule has 1 N–H and O–H groups in total. The Kier molecular flexibility index (Phi) is 6.56. The fourth-order valence-corrected chi connectivity index (χ4v) is 7.61. The summed E-state index contributed by atoms with van der Waals surface area (Å²) in [5.41, 5.74) is 5.02. The number of fused-ring (bicyclic) bond motifs is 2. The van der Waals surface area contributed by atoms with Gasteiger partial charge >= 0.3 is 0 Å². The predicted molar refractivity (Wildman–Crippen MR) is 155 cm³/mol. The maximum atomic E-state index is 13.3. The number of anilines is 2. The number of likely N-dealkylation sites (N-methyl/N-ethyl adjacent to an activating group) is 1. The highest BCUT2D eigenvalue weighted by atomic mass is 32.2. The Balaban J connectivity index is 1.44. The van der Waals surface area contributed by atoms with Crippen molar-refractivity contribution in [2.24, 2.45) is 4.36 Å². The maximum Gasteiger partial charge on any atom is 0.278 e. The van der Waals surface area contributed by atoms with E-state index in [0.29, 0.717) is 40.1 Å². The molecule has 6 rings (SSSR count). The molecule has 0 amide bonds. The molecule has 2 aliphatic rings. The van der Waals surface area contributed by atoms with E-state index < -0.39 is 9.73 Å². The minimum absolute atomic E-state index is 0.241. The Morgan fingerprint density at radius 3 is 2.82 bits per heavy atom. The molecule has 1 aromatic carbocycles. The second kappa shape index (κ2) is 10.0. The number of nitrogens with zero attached hydrogens (tertiary/aromatic N) is 7. The second-order valence-corrected chi connectivity index (χ2v) is 12.8. The number of nitrogens with one attached hydrogen (secondary N) is 1. The highest BCUT2D eigenvalue weighted by Crippen LogP contribution is 2.28. The molecule has 3 aromatic heterocycles. The van der Waals surface area contributed by atoms with Gasteiger partial charge in [0.05, 0.1) is 16.3 Å². The third kappa shape index (κ3) is 4.87. The van der Waals surface area contributed by atoms with Gasteiger partial charge in [0.1, 0.15) is 5.39 Å². The van der Waals surface area contributed by atoms with E-state index in [1.165, 1.54) is 21.4 Å². The van der Waals surface area contributed by atoms with Gasteiger partial charge in [-0.15, -0.1) is 6.58 Å². The highest BCUT2D eigenvalue weighted by molar-refractivity contribution is 7.93. The average Bonchev–Trinajstić information content (AvgIpc) is 3.44. The Hall–Kier alpha value is -3.83. The number of benzene rings is 1. The molecule has 1 saturated heterocycles. The van der Waals surface area contributed by atoms with Crippen LogP contribution in [0.2, 0.25) is 0 Å². The maximum absolute atomic E-state index is 13.3. The molecule has 0 saturated carbocycles. The van der Waals surface area contributed by atoms with E-state index in [4.69, 9.17) is 4.98 Å². The van der Waals surface area contributed by atoms with E-state index in [0.717, 1.165) is 38.0 Å². The molecule has 10 nitrogen and oxygen atoms in total. The van der Waals surface area contributed by atoms with Gasteiger partial charge in [0, 0.05) is 36.5 Å². The quantitative estimate of drug-likeness (QED) is 0.364. The first-order valence-electron chi connectivity index (χ1n) is 13.2. The van der Waals surface area contributed by atoms with Gasteiger partial charge < -0.3 is 10.2 Å². The van der Waals surface area contributed by atoms with Crippen molar-refractivity contribution in [3.05, 3.63) is 76.2 Å². The van der Waals surface area contributed by atoms with Gasteiger partial charge in [0.25, 0.3) is 5.56 Å². The summed E-state index contributed by atoms with van der Waals surface area (Å²) in [5.74, 6) is 2.41. The smallest absolute Gasteiger partial charge is 0.278 e. The van der Waals surface area contributed by atoms with Crippen LogP contribution in [-0.2, 0) is 29.2 Å². The zero-order valence-electron chi connectivity index (χ0n) is 22.3. The molecule has 5 heterocycles. The van der Waals surface area contributed by atoms with Crippen molar-refractivity contribution in [1.29, 1.82) is 0 Å². The standard InChI is InChI=1S/C28H32N8O2S/c1-4-11-35-27(37)23-17-29-28(30-21-15-19(2)22-10-12-34(3)18-20(22)16-21)32-26(23)36(35)25-9-7-8-24(31-25)33-39(38)13-5-6-14-39/h4,7-9,15-17H,1,5-6,10-14,18H2,2-3H3,(H,29,30,32). The zero-order chi connectivity index (χ0) is 27.1. The van der Waals surface area contributed by atoms with Gasteiger partial charge in [-0.05, 0) is 74.2 Å². The predicted octanol–water partition coefficient (Wildman–Crippen LogP) is 4.10. The first-order valence-corrected chi connectivity index (χ1v) is 15.1. The van der Waals surface area contributed by atoms with E-state index in [2.05, 4.69) is 57.2 Å². The summed E-state index contributed by atoms with van der Waals surface area (Å²) in [6, 6.07) is 9.61. The van der Waals surface area contributed by atoms with E-state index >= 15 is 0 Å². The normalized spacial score (nSPS) is 16.8. The Morgan fingerprint density at radius 2 is 2.03 bits per heavy atom. The zero-order valence-corrected chi connectivity index (χ0v) is 23.1. The third-order valence-corrected chi connectivity index (χ3v) is 9.73. The lowest BCUT2D eigenvalue weighted by Crippen LogP contribution is -2.27. The average molecular weight is 545 g/mol. The van der Waals surface area contributed by atoms with Gasteiger partial charge in [0.2, 0.25) is 5.95 Å². The topological polar surface area (TPSA) is 110 Å². The van der Waals surface area contributed by atoms with Crippen LogP contribution in [0.25, 0.3) is 16.9 Å². The molecular weight excluding hydrogens is 512 g/mol. The number of rotatable bonds is 6. The molecule has 1 fully saturated rings. The molecule has 0 aliphatic carbocycles. The van der Waals surface area contributed by atoms with Crippen LogP contribution in [0.3, 0.4) is 0 Å². The van der Waals surface area contributed by atoms with E-state index in [1.807, 2.05) is 0 Å². The molecule has 0 unspecified atom stereocenters.